The molecule has 0 atom stereocenters. The molecule has 6 fully saturated rings. The number of carbonyl (C=O) groups is 8. The van der Waals surface area contributed by atoms with Crippen LogP contribution in [-0.2, 0) is 36.0 Å². The number of aliphatic hydroxyl groups is 2. The number of piperazine rings is 4. The molecule has 4 aliphatic heterocycles. The molecule has 19 rings (SSSR count). The lowest BCUT2D eigenvalue weighted by Gasteiger charge is -2.49. The van der Waals surface area contributed by atoms with Crippen molar-refractivity contribution in [1.29, 1.82) is 0 Å². The van der Waals surface area contributed by atoms with E-state index in [0.717, 1.165) is 50.2 Å². The number of rotatable bonds is 11. The number of hydrogen-bond donors (Lipinski definition) is 4. The van der Waals surface area contributed by atoms with Gasteiger partial charge < -0.3 is 67.5 Å². The zero-order valence-corrected chi connectivity index (χ0v) is 89.2. The molecule has 0 unspecified atom stereocenters. The molecule has 13 heterocycles. The van der Waals surface area contributed by atoms with Gasteiger partial charge in [0.15, 0.2) is 45.4 Å². The summed E-state index contributed by atoms with van der Waals surface area (Å²) in [5.41, 5.74) is 12.1. The zero-order valence-electron chi connectivity index (χ0n) is 89.2. The normalized spacial score (nSPS) is 19.8. The van der Waals surface area contributed by atoms with Crippen LogP contribution in [0, 0.1) is 57.0 Å². The van der Waals surface area contributed by atoms with Crippen LogP contribution in [0.1, 0.15) is 275 Å². The number of benzene rings is 4. The number of aryl methyl sites for hydroxylation is 4. The summed E-state index contributed by atoms with van der Waals surface area (Å²) in [6.45, 7) is 55.3. The SMILES string of the molecule is Cc1cc(-c2cc(C(C)(C)C)c3oc(C(=O)N4CCN(C(=O)C5CC(C)(O)C5)CC4(C)C)cc3n2)ccc1F.Cc1cc(-c2cc(C(C)(C)C)c3oc(C(=O)N4CCN(C(=O)c5ncn[nH]5)CC4(C)C)cc3n2)ccc1F.Cc1cc(-c2cc(C(C)(C)C)c3oc(C(=O)N4CCNC(=O)C4(C)C)cc3n2)ccc1F.Cc1ccc(-c2cc(C(C)(C)C)c3oc(C(=O)N4CCN(C(=O)C5CC(C)(O)C5)CC4(C)C)cc3n2)cc1. The summed E-state index contributed by atoms with van der Waals surface area (Å²) in [6.07, 6.45) is 3.25. The maximum absolute atomic E-state index is 13.9. The fourth-order valence-electron chi connectivity index (χ4n) is 20.7. The van der Waals surface area contributed by atoms with Gasteiger partial charge in [0, 0.05) is 153 Å². The number of amides is 8. The first-order valence-electron chi connectivity index (χ1n) is 50.3. The van der Waals surface area contributed by atoms with Crippen molar-refractivity contribution < 1.29 is 79.4 Å². The molecule has 6 aliphatic rings. The van der Waals surface area contributed by atoms with Crippen LogP contribution in [0.2, 0.25) is 0 Å². The van der Waals surface area contributed by atoms with Crippen LogP contribution in [0.25, 0.3) is 89.4 Å². The maximum atomic E-state index is 13.9. The number of fused-ring (bicyclic) bond motifs is 4. The van der Waals surface area contributed by atoms with Crippen molar-refractivity contribution in [3.8, 4) is 45.0 Å². The fraction of sp³-hybridized carbons (Fsp3) is 0.461. The Morgan fingerprint density at radius 2 is 0.667 bits per heavy atom. The Morgan fingerprint density at radius 3 is 0.952 bits per heavy atom. The quantitative estimate of drug-likeness (QED) is 0.0934. The molecule has 32 heteroatoms. The second-order valence-corrected chi connectivity index (χ2v) is 47.6. The van der Waals surface area contributed by atoms with Crippen LogP contribution >= 0.6 is 0 Å². The molecule has 13 aromatic rings. The maximum Gasteiger partial charge on any atom is 0.291 e. The van der Waals surface area contributed by atoms with Crippen molar-refractivity contribution in [2.75, 3.05) is 72.0 Å². The van der Waals surface area contributed by atoms with Crippen LogP contribution < -0.4 is 5.32 Å². The minimum atomic E-state index is -0.981. The predicted octanol–water partition coefficient (Wildman–Crippen LogP) is 20.1. The van der Waals surface area contributed by atoms with E-state index in [9.17, 15) is 61.7 Å². The van der Waals surface area contributed by atoms with E-state index >= 15 is 0 Å². The van der Waals surface area contributed by atoms with Crippen LogP contribution in [0.4, 0.5) is 13.2 Å². The highest BCUT2D eigenvalue weighted by atomic mass is 19.1. The van der Waals surface area contributed by atoms with Crippen LogP contribution in [0.5, 0.6) is 0 Å². The van der Waals surface area contributed by atoms with Gasteiger partial charge in [-0.1, -0.05) is 113 Å². The molecular formula is C115H136F3N15O14. The third-order valence-electron chi connectivity index (χ3n) is 29.2. The average Bonchev–Trinajstić information content (AvgIpc) is 1.18. The van der Waals surface area contributed by atoms with Gasteiger partial charge in [0.2, 0.25) is 23.5 Å². The number of furan rings is 4. The zero-order chi connectivity index (χ0) is 107. The number of aromatic amines is 1. The molecule has 29 nitrogen and oxygen atoms in total. The molecule has 8 amide bonds. The predicted molar refractivity (Wildman–Crippen MR) is 557 cm³/mol. The standard InChI is InChI=1S/C31H38FN3O4.C31H39N3O4.C28H31FN6O3.C25H28FN3O3/c1-18-12-19(8-9-22(18)32)23-13-21(29(2,3)4)26-24(33-23)14-25(39-26)28(37)35-11-10-34(17-30(35,5)6)27(36)20-15-31(7,38)16-20;1-19-8-10-20(11-9-19)23-14-22(29(2,3)4)26-24(32-23)15-25(38-26)28(36)34-13-12-33(18-30(34,5)6)27(35)21-16-31(7,37)17-21;1-16-11-17(7-8-19(16)29)20-12-18(27(2,3)4)23-21(32-20)13-22(38-23)25(36)35-10-9-34(14-28(35,5)6)26(37)24-30-15-31-33-24;1-14-11-15(7-8-17(14)26)18-12-16(24(2,3)4)21-19(28-18)13-20(32-21)22(30)29-10-9-27-23(31)25(29,5)6/h8-9,12-14,20,38H,10-11,15-17H2,1-7H3;8-11,14-15,21,37H,12-13,16-18H2,1-7H3;7-8,11-13,15H,9-10,14H2,1-6H3,(H,30,31,33);7-8,11-13H,9-10H2,1-6H3,(H,27,31). The molecule has 4 N–H and O–H groups in total. The van der Waals surface area contributed by atoms with Crippen LogP contribution in [0.3, 0.4) is 0 Å². The van der Waals surface area contributed by atoms with Gasteiger partial charge in [-0.3, -0.25) is 43.5 Å². The van der Waals surface area contributed by atoms with E-state index in [1.54, 1.807) is 124 Å². The second kappa shape index (κ2) is 38.8. The summed E-state index contributed by atoms with van der Waals surface area (Å²) in [5.74, 6) is -1.50. The molecule has 776 valence electrons. The van der Waals surface area contributed by atoms with Gasteiger partial charge in [0.25, 0.3) is 29.5 Å². The molecule has 2 saturated carbocycles. The summed E-state index contributed by atoms with van der Waals surface area (Å²) in [7, 11) is 0. The highest BCUT2D eigenvalue weighted by Crippen LogP contribution is 2.46. The molecule has 4 aromatic carbocycles. The Morgan fingerprint density at radius 1 is 0.374 bits per heavy atom. The van der Waals surface area contributed by atoms with Gasteiger partial charge in [0.1, 0.15) is 51.4 Å². The lowest BCUT2D eigenvalue weighted by Crippen LogP contribution is -2.63. The van der Waals surface area contributed by atoms with Crippen molar-refractivity contribution in [2.24, 2.45) is 11.8 Å². The van der Waals surface area contributed by atoms with Crippen molar-refractivity contribution in [3.63, 3.8) is 0 Å². The number of H-pyrrole nitrogens is 1. The summed E-state index contributed by atoms with van der Waals surface area (Å²) in [5, 5.41) is 29.3. The molecule has 147 heavy (non-hydrogen) atoms. The van der Waals surface area contributed by atoms with E-state index in [1.807, 2.05) is 74.4 Å². The van der Waals surface area contributed by atoms with Gasteiger partial charge in [-0.25, -0.2) is 38.1 Å². The topological polar surface area (TPSA) is 357 Å². The fourth-order valence-corrected chi connectivity index (χ4v) is 20.7. The van der Waals surface area contributed by atoms with Crippen molar-refractivity contribution >= 4 is 91.7 Å². The Bertz CT molecular complexity index is 7340. The van der Waals surface area contributed by atoms with E-state index in [2.05, 4.69) is 141 Å². The van der Waals surface area contributed by atoms with Gasteiger partial charge in [0.05, 0.1) is 50.6 Å². The number of aromatic nitrogens is 7. The number of nitrogens with one attached hydrogen (secondary N) is 2. The monoisotopic (exact) mass is 2010 g/mol. The molecule has 4 saturated heterocycles. The molecule has 0 spiro atoms. The van der Waals surface area contributed by atoms with E-state index in [-0.39, 0.29) is 127 Å². The molecule has 0 radical (unpaired) electrons. The Hall–Kier alpha value is -13.8. The minimum absolute atomic E-state index is 0.0491. The number of nitrogens with zero attached hydrogens (tertiary/aromatic N) is 13. The van der Waals surface area contributed by atoms with Gasteiger partial charge >= 0.3 is 0 Å². The number of pyridine rings is 4. The molecular weight excluding hydrogens is 1870 g/mol. The van der Waals surface area contributed by atoms with Gasteiger partial charge in [-0.05, 0) is 240 Å². The van der Waals surface area contributed by atoms with Crippen molar-refractivity contribution in [3.05, 3.63) is 225 Å². The number of carbonyl (C=O) groups excluding carboxylic acids is 8. The highest BCUT2D eigenvalue weighted by molar-refractivity contribution is 6.03. The second-order valence-electron chi connectivity index (χ2n) is 47.6. The van der Waals surface area contributed by atoms with Gasteiger partial charge in [-0.2, -0.15) is 5.10 Å². The summed E-state index contributed by atoms with van der Waals surface area (Å²) >= 11 is 0. The first-order chi connectivity index (χ1) is 68.4. The van der Waals surface area contributed by atoms with Crippen LogP contribution in [0.15, 0.2) is 151 Å². The molecule has 2 aliphatic carbocycles. The Kier molecular flexibility index (Phi) is 28.0. The molecule has 9 aromatic heterocycles. The third kappa shape index (κ3) is 21.9. The van der Waals surface area contributed by atoms with E-state index in [4.69, 9.17) is 37.6 Å². The van der Waals surface area contributed by atoms with E-state index < -0.39 is 33.4 Å². The van der Waals surface area contributed by atoms with Crippen molar-refractivity contribution in [2.45, 2.75) is 261 Å². The smallest absolute Gasteiger partial charge is 0.291 e. The summed E-state index contributed by atoms with van der Waals surface area (Å²) in [4.78, 5) is 141. The lowest BCUT2D eigenvalue weighted by molar-refractivity contribution is -0.153. The number of halogens is 3. The van der Waals surface area contributed by atoms with Gasteiger partial charge in [-0.15, -0.1) is 0 Å². The first-order valence-corrected chi connectivity index (χ1v) is 50.3. The van der Waals surface area contributed by atoms with E-state index in [0.29, 0.717) is 176 Å². The minimum Gasteiger partial charge on any atom is -0.449 e. The van der Waals surface area contributed by atoms with Crippen molar-refractivity contribution in [1.82, 2.24) is 74.7 Å². The Labute approximate surface area is 855 Å². The largest absolute Gasteiger partial charge is 0.449 e. The average molecular weight is 2010 g/mol. The summed E-state index contributed by atoms with van der Waals surface area (Å²) in [6, 6.07) is 37.7. The van der Waals surface area contributed by atoms with Crippen LogP contribution in [-0.4, -0.2) is 232 Å². The first kappa shape index (κ1) is 106. The third-order valence-corrected chi connectivity index (χ3v) is 29.2. The molecule has 0 bridgehead atoms. The number of hydrogen-bond acceptors (Lipinski definition) is 20. The Balaban J connectivity index is 0.000000140. The highest BCUT2D eigenvalue weighted by Gasteiger charge is 2.51. The van der Waals surface area contributed by atoms with E-state index in [1.165, 1.54) is 35.0 Å². The lowest BCUT2D eigenvalue weighted by atomic mass is 9.71. The summed E-state index contributed by atoms with van der Waals surface area (Å²) < 4.78 is 66.3.